The molecule has 8 rings (SSSR count). The summed E-state index contributed by atoms with van der Waals surface area (Å²) >= 11 is 0. The van der Waals surface area contributed by atoms with Gasteiger partial charge >= 0.3 is 20.1 Å². The average molecular weight is 859 g/mol. The predicted molar refractivity (Wildman–Crippen MR) is 211 cm³/mol. The van der Waals surface area contributed by atoms with E-state index < -0.39 is 0 Å². The number of benzene rings is 5. The van der Waals surface area contributed by atoms with Gasteiger partial charge in [-0.05, 0) is 82.2 Å². The number of pyridine rings is 3. The molecule has 256 valence electrons. The number of rotatable bonds is 11. The summed E-state index contributed by atoms with van der Waals surface area (Å²) in [5.74, 6) is 0. The number of hydrogen-bond donors (Lipinski definition) is 0. The number of aromatic nitrogens is 3. The monoisotopic (exact) mass is 859 g/mol. The Morgan fingerprint density at radius 3 is 1.42 bits per heavy atom. The molecule has 0 N–H and O–H groups in total. The molecule has 0 aliphatic carbocycles. The molecule has 5 aromatic carbocycles. The zero-order valence-corrected chi connectivity index (χ0v) is 31.6. The van der Waals surface area contributed by atoms with Crippen molar-refractivity contribution >= 4 is 0 Å². The minimum absolute atomic E-state index is 0. The van der Waals surface area contributed by atoms with E-state index in [2.05, 4.69) is 108 Å². The van der Waals surface area contributed by atoms with E-state index in [4.69, 9.17) is 9.97 Å². The molecular formula is C49H36IrN3. The van der Waals surface area contributed by atoms with Gasteiger partial charge in [-0.3, -0.25) is 0 Å². The first-order valence-electron chi connectivity index (χ1n) is 17.7. The van der Waals surface area contributed by atoms with E-state index in [1.54, 1.807) is 0 Å². The van der Waals surface area contributed by atoms with Gasteiger partial charge in [0.2, 0.25) is 0 Å². The summed E-state index contributed by atoms with van der Waals surface area (Å²) < 4.78 is 0. The van der Waals surface area contributed by atoms with Gasteiger partial charge in [0.25, 0.3) is 0 Å². The molecule has 0 fully saturated rings. The van der Waals surface area contributed by atoms with Crippen LogP contribution < -0.4 is 0 Å². The van der Waals surface area contributed by atoms with Gasteiger partial charge in [-0.2, -0.15) is 0 Å². The number of hydrogen-bond acceptors (Lipinski definition) is 3. The Bertz CT molecular complexity index is 2250. The van der Waals surface area contributed by atoms with E-state index in [-0.39, 0.29) is 20.1 Å². The van der Waals surface area contributed by atoms with Crippen molar-refractivity contribution in [1.82, 2.24) is 15.0 Å². The van der Waals surface area contributed by atoms with Crippen LogP contribution in [0.5, 0.6) is 0 Å². The van der Waals surface area contributed by atoms with E-state index in [0.717, 1.165) is 65.0 Å². The van der Waals surface area contributed by atoms with E-state index in [0.29, 0.717) is 0 Å². The minimum atomic E-state index is 0. The molecule has 0 spiro atoms. The first-order valence-corrected chi connectivity index (χ1v) is 17.7. The standard InChI is InChI=1S/C49H36N3.Ir/c1-3-11-41(12-4-1)48-28-22-36(34-51-48)18-20-38-31-39(21-19-37-23-29-49(52-35-37)42-13-5-2-6-14-42)33-44(32-38)46-16-8-7-15-45(46)40-24-26-43(27-25-40)47-17-9-10-30-50-47;/h1-11,13,15-17,22-26,28-35H,18-21H2;/q-3;+3. The van der Waals surface area contributed by atoms with Crippen LogP contribution in [0.4, 0.5) is 0 Å². The molecule has 8 aromatic rings. The van der Waals surface area contributed by atoms with Crippen molar-refractivity contribution in [3.63, 3.8) is 0 Å². The molecular weight excluding hydrogens is 823 g/mol. The Labute approximate surface area is 325 Å². The predicted octanol–water partition coefficient (Wildman–Crippen LogP) is 11.2. The molecule has 0 unspecified atom stereocenters. The van der Waals surface area contributed by atoms with Crippen LogP contribution in [0.25, 0.3) is 56.0 Å². The Balaban J connectivity index is 0.00000435. The molecule has 0 amide bonds. The van der Waals surface area contributed by atoms with Gasteiger partial charge in [-0.1, -0.05) is 90.0 Å². The molecule has 0 aliphatic heterocycles. The maximum atomic E-state index is 4.76. The second-order valence-corrected chi connectivity index (χ2v) is 12.9. The Hall–Kier alpha value is -5.80. The Kier molecular flexibility index (Phi) is 11.5. The first-order chi connectivity index (χ1) is 25.7. The van der Waals surface area contributed by atoms with E-state index in [1.165, 1.54) is 38.9 Å². The third-order valence-corrected chi connectivity index (χ3v) is 9.38. The van der Waals surface area contributed by atoms with Gasteiger partial charge in [0.05, 0.1) is 0 Å². The average Bonchev–Trinajstić information content (AvgIpc) is 3.23. The van der Waals surface area contributed by atoms with Gasteiger partial charge in [0.15, 0.2) is 0 Å². The molecule has 0 atom stereocenters. The van der Waals surface area contributed by atoms with E-state index >= 15 is 0 Å². The zero-order valence-electron chi connectivity index (χ0n) is 29.2. The number of aryl methyl sites for hydroxylation is 4. The summed E-state index contributed by atoms with van der Waals surface area (Å²) in [7, 11) is 0. The zero-order chi connectivity index (χ0) is 35.0. The Morgan fingerprint density at radius 2 is 0.925 bits per heavy atom. The van der Waals surface area contributed by atoms with Gasteiger partial charge in [-0.15, -0.1) is 102 Å². The van der Waals surface area contributed by atoms with E-state index in [9.17, 15) is 0 Å². The summed E-state index contributed by atoms with van der Waals surface area (Å²) in [6.07, 6.45) is 9.47. The summed E-state index contributed by atoms with van der Waals surface area (Å²) in [6, 6.07) is 62.7. The molecule has 3 heterocycles. The van der Waals surface area contributed by atoms with Crippen molar-refractivity contribution in [2.45, 2.75) is 25.7 Å². The van der Waals surface area contributed by atoms with Crippen LogP contribution in [0.15, 0.2) is 170 Å². The molecule has 0 saturated heterocycles. The Morgan fingerprint density at radius 1 is 0.396 bits per heavy atom. The van der Waals surface area contributed by atoms with Crippen molar-refractivity contribution in [1.29, 1.82) is 0 Å². The van der Waals surface area contributed by atoms with Crippen LogP contribution in [-0.4, -0.2) is 15.0 Å². The van der Waals surface area contributed by atoms with Crippen molar-refractivity contribution < 1.29 is 20.1 Å². The van der Waals surface area contributed by atoms with Gasteiger partial charge in [0, 0.05) is 18.6 Å². The summed E-state index contributed by atoms with van der Waals surface area (Å²) in [5, 5.41) is 0. The molecule has 0 saturated carbocycles. The molecule has 3 aromatic heterocycles. The van der Waals surface area contributed by atoms with Gasteiger partial charge < -0.3 is 15.0 Å². The molecule has 0 aliphatic rings. The molecule has 0 radical (unpaired) electrons. The first kappa shape index (κ1) is 35.6. The minimum Gasteiger partial charge on any atom is -0.305 e. The van der Waals surface area contributed by atoms with Crippen molar-refractivity contribution in [3.05, 3.63) is 211 Å². The molecule has 4 heteroatoms. The summed E-state index contributed by atoms with van der Waals surface area (Å²) in [6.45, 7) is 0. The largest absolute Gasteiger partial charge is 3.00 e. The second-order valence-electron chi connectivity index (χ2n) is 12.9. The number of nitrogens with zero attached hydrogens (tertiary/aromatic N) is 3. The van der Waals surface area contributed by atoms with Crippen LogP contribution in [0.1, 0.15) is 22.3 Å². The van der Waals surface area contributed by atoms with Crippen molar-refractivity contribution in [2.75, 3.05) is 0 Å². The quantitative estimate of drug-likeness (QED) is 0.122. The maximum absolute atomic E-state index is 4.76. The summed E-state index contributed by atoms with van der Waals surface area (Å²) in [4.78, 5) is 14.0. The fourth-order valence-corrected chi connectivity index (χ4v) is 6.61. The van der Waals surface area contributed by atoms with Crippen LogP contribution >= 0.6 is 0 Å². The fraction of sp³-hybridized carbons (Fsp3) is 0.0816. The maximum Gasteiger partial charge on any atom is 3.00 e. The SMILES string of the molecule is [Ir+3].[c-]1cc(-c2ccccc2-c2cc(CCc3ccc(-c4[c-]cccc4)nc3)cc(CCc3ccc(-c4[c-]cccc4)nc3)c2)ccc1-c1ccccn1. The molecule has 0 bridgehead atoms. The topological polar surface area (TPSA) is 38.7 Å². The third-order valence-electron chi connectivity index (χ3n) is 9.38. The smallest absolute Gasteiger partial charge is 0.305 e. The van der Waals surface area contributed by atoms with Crippen molar-refractivity contribution in [2.24, 2.45) is 0 Å². The fourth-order valence-electron chi connectivity index (χ4n) is 6.61. The van der Waals surface area contributed by atoms with Crippen LogP contribution in [0, 0.1) is 18.2 Å². The second kappa shape index (κ2) is 17.1. The normalized spacial score (nSPS) is 10.8. The third kappa shape index (κ3) is 8.81. The molecule has 3 nitrogen and oxygen atoms in total. The van der Waals surface area contributed by atoms with Crippen LogP contribution in [-0.2, 0) is 45.8 Å². The molecule has 53 heavy (non-hydrogen) atoms. The van der Waals surface area contributed by atoms with Crippen molar-refractivity contribution in [3.8, 4) is 56.0 Å². The van der Waals surface area contributed by atoms with E-state index in [1.807, 2.05) is 85.3 Å². The summed E-state index contributed by atoms with van der Waals surface area (Å²) in [5.41, 5.74) is 15.6. The van der Waals surface area contributed by atoms with Crippen LogP contribution in [0.2, 0.25) is 0 Å². The van der Waals surface area contributed by atoms with Gasteiger partial charge in [-0.25, -0.2) is 0 Å². The van der Waals surface area contributed by atoms with Gasteiger partial charge in [0.1, 0.15) is 0 Å². The van der Waals surface area contributed by atoms with Crippen LogP contribution in [0.3, 0.4) is 0 Å².